The van der Waals surface area contributed by atoms with Crippen LogP contribution in [0.4, 0.5) is 0 Å². The fourth-order valence-corrected chi connectivity index (χ4v) is 2.15. The first-order valence-corrected chi connectivity index (χ1v) is 6.20. The minimum atomic E-state index is -0.0766. The van der Waals surface area contributed by atoms with E-state index in [1.165, 1.54) is 0 Å². The highest BCUT2D eigenvalue weighted by Gasteiger charge is 2.19. The van der Waals surface area contributed by atoms with Gasteiger partial charge in [0.2, 0.25) is 0 Å². The quantitative estimate of drug-likeness (QED) is 0.779. The average Bonchev–Trinajstić information content (AvgIpc) is 2.62. The molecule has 100 valence electrons. The van der Waals surface area contributed by atoms with Crippen LogP contribution in [0.25, 0.3) is 0 Å². The molecule has 2 heterocycles. The maximum Gasteiger partial charge on any atom is 0.255 e. The summed E-state index contributed by atoms with van der Waals surface area (Å²) in [6, 6.07) is 0. The first-order valence-electron chi connectivity index (χ1n) is 6.20. The van der Waals surface area contributed by atoms with Crippen LogP contribution in [0.2, 0.25) is 0 Å². The summed E-state index contributed by atoms with van der Waals surface area (Å²) in [5.74, 6) is -0.0766. The third kappa shape index (κ3) is 2.70. The number of amides is 1. The van der Waals surface area contributed by atoms with Crippen molar-refractivity contribution in [2.75, 3.05) is 26.2 Å². The Morgan fingerprint density at radius 2 is 2.39 bits per heavy atom. The summed E-state index contributed by atoms with van der Waals surface area (Å²) in [6.45, 7) is 6.63. The molecule has 0 spiro atoms. The van der Waals surface area contributed by atoms with E-state index in [1.54, 1.807) is 4.68 Å². The smallest absolute Gasteiger partial charge is 0.255 e. The summed E-state index contributed by atoms with van der Waals surface area (Å²) in [6.07, 6.45) is 0.0555. The largest absolute Gasteiger partial charge is 0.374 e. The number of carbonyl (C=O) groups is 1. The maximum absolute atomic E-state index is 12.1. The van der Waals surface area contributed by atoms with E-state index in [-0.39, 0.29) is 12.0 Å². The molecular formula is C12H20N4O2. The number of carbonyl (C=O) groups excluding carboxylic acids is 1. The lowest BCUT2D eigenvalue weighted by Crippen LogP contribution is -2.45. The molecule has 0 radical (unpaired) electrons. The Morgan fingerprint density at radius 3 is 2.94 bits per heavy atom. The molecule has 6 heteroatoms. The second kappa shape index (κ2) is 5.49. The van der Waals surface area contributed by atoms with Crippen molar-refractivity contribution in [1.29, 1.82) is 0 Å². The molecule has 6 nitrogen and oxygen atoms in total. The number of aromatic nitrogens is 2. The van der Waals surface area contributed by atoms with E-state index in [4.69, 9.17) is 4.74 Å². The lowest BCUT2D eigenvalue weighted by Gasteiger charge is -2.23. The van der Waals surface area contributed by atoms with Gasteiger partial charge >= 0.3 is 0 Å². The van der Waals surface area contributed by atoms with Gasteiger partial charge in [-0.2, -0.15) is 5.10 Å². The highest BCUT2D eigenvalue weighted by molar-refractivity contribution is 5.96. The van der Waals surface area contributed by atoms with Gasteiger partial charge in [-0.05, 0) is 13.8 Å². The van der Waals surface area contributed by atoms with Crippen molar-refractivity contribution >= 4 is 5.91 Å². The molecule has 1 amide bonds. The average molecular weight is 252 g/mol. The maximum atomic E-state index is 12.1. The van der Waals surface area contributed by atoms with E-state index in [1.807, 2.05) is 20.9 Å². The number of aryl methyl sites for hydroxylation is 2. The van der Waals surface area contributed by atoms with Crippen molar-refractivity contribution < 1.29 is 9.53 Å². The van der Waals surface area contributed by atoms with Crippen LogP contribution in [0.3, 0.4) is 0 Å². The standard InChI is InChI=1S/C12H20N4O2/c1-8-11(9(2)16(3)15-8)12(17)14-7-10-6-13-4-5-18-10/h10,13H,4-7H2,1-3H3,(H,14,17). The predicted molar refractivity (Wildman–Crippen MR) is 67.6 cm³/mol. The molecule has 1 unspecified atom stereocenters. The van der Waals surface area contributed by atoms with E-state index in [0.717, 1.165) is 24.5 Å². The van der Waals surface area contributed by atoms with Crippen molar-refractivity contribution in [3.8, 4) is 0 Å². The van der Waals surface area contributed by atoms with E-state index < -0.39 is 0 Å². The van der Waals surface area contributed by atoms with Crippen molar-refractivity contribution in [2.24, 2.45) is 7.05 Å². The number of morpholine rings is 1. The van der Waals surface area contributed by atoms with Crippen LogP contribution in [0.5, 0.6) is 0 Å². The number of nitrogens with zero attached hydrogens (tertiary/aromatic N) is 2. The molecule has 0 aliphatic carbocycles. The SMILES string of the molecule is Cc1nn(C)c(C)c1C(=O)NCC1CNCCO1. The minimum absolute atomic E-state index is 0.0555. The first-order chi connectivity index (χ1) is 8.59. The van der Waals surface area contributed by atoms with Gasteiger partial charge in [-0.1, -0.05) is 0 Å². The number of hydrogen-bond donors (Lipinski definition) is 2. The molecule has 1 aliphatic rings. The van der Waals surface area contributed by atoms with Gasteiger partial charge in [-0.15, -0.1) is 0 Å². The molecule has 0 aromatic carbocycles. The zero-order valence-electron chi connectivity index (χ0n) is 11.1. The normalized spacial score (nSPS) is 19.8. The van der Waals surface area contributed by atoms with Crippen LogP contribution in [0, 0.1) is 13.8 Å². The Kier molecular flexibility index (Phi) is 3.98. The summed E-state index contributed by atoms with van der Waals surface area (Å²) in [5, 5.41) is 10.4. The monoisotopic (exact) mass is 252 g/mol. The summed E-state index contributed by atoms with van der Waals surface area (Å²) in [4.78, 5) is 12.1. The van der Waals surface area contributed by atoms with Gasteiger partial charge in [0.05, 0.1) is 24.0 Å². The second-order valence-corrected chi connectivity index (χ2v) is 4.58. The van der Waals surface area contributed by atoms with Gasteiger partial charge in [0.1, 0.15) is 0 Å². The minimum Gasteiger partial charge on any atom is -0.374 e. The van der Waals surface area contributed by atoms with E-state index in [0.29, 0.717) is 18.7 Å². The fraction of sp³-hybridized carbons (Fsp3) is 0.667. The Morgan fingerprint density at radius 1 is 1.61 bits per heavy atom. The molecule has 18 heavy (non-hydrogen) atoms. The lowest BCUT2D eigenvalue weighted by molar-refractivity contribution is 0.0287. The van der Waals surface area contributed by atoms with Crippen LogP contribution in [0.15, 0.2) is 0 Å². The van der Waals surface area contributed by atoms with Crippen LogP contribution in [-0.2, 0) is 11.8 Å². The van der Waals surface area contributed by atoms with E-state index in [2.05, 4.69) is 15.7 Å². The molecule has 1 aromatic heterocycles. The topological polar surface area (TPSA) is 68.2 Å². The first kappa shape index (κ1) is 13.0. The summed E-state index contributed by atoms with van der Waals surface area (Å²) >= 11 is 0. The van der Waals surface area contributed by atoms with Crippen molar-refractivity contribution in [1.82, 2.24) is 20.4 Å². The van der Waals surface area contributed by atoms with Crippen LogP contribution < -0.4 is 10.6 Å². The summed E-state index contributed by atoms with van der Waals surface area (Å²) < 4.78 is 7.26. The molecule has 1 aromatic rings. The molecule has 1 aliphatic heterocycles. The zero-order valence-corrected chi connectivity index (χ0v) is 11.1. The number of rotatable bonds is 3. The molecule has 1 saturated heterocycles. The third-order valence-corrected chi connectivity index (χ3v) is 3.23. The lowest BCUT2D eigenvalue weighted by atomic mass is 10.2. The van der Waals surface area contributed by atoms with Crippen LogP contribution >= 0.6 is 0 Å². The summed E-state index contributed by atoms with van der Waals surface area (Å²) in [7, 11) is 1.84. The molecule has 1 fully saturated rings. The summed E-state index contributed by atoms with van der Waals surface area (Å²) in [5.41, 5.74) is 2.31. The Labute approximate surface area is 107 Å². The van der Waals surface area contributed by atoms with E-state index >= 15 is 0 Å². The van der Waals surface area contributed by atoms with Gasteiger partial charge < -0.3 is 15.4 Å². The molecule has 0 saturated carbocycles. The molecule has 1 atom stereocenters. The van der Waals surface area contributed by atoms with Crippen molar-refractivity contribution in [3.05, 3.63) is 17.0 Å². The van der Waals surface area contributed by atoms with Crippen LogP contribution in [-0.4, -0.2) is 48.0 Å². The Balaban J connectivity index is 1.95. The molecule has 2 rings (SSSR count). The molecule has 0 bridgehead atoms. The number of ether oxygens (including phenoxy) is 1. The van der Waals surface area contributed by atoms with Gasteiger partial charge in [-0.3, -0.25) is 9.48 Å². The Bertz CT molecular complexity index is 436. The van der Waals surface area contributed by atoms with Gasteiger partial charge in [0, 0.05) is 32.4 Å². The number of nitrogens with one attached hydrogen (secondary N) is 2. The van der Waals surface area contributed by atoms with Crippen molar-refractivity contribution in [2.45, 2.75) is 20.0 Å². The molecular weight excluding hydrogens is 232 g/mol. The third-order valence-electron chi connectivity index (χ3n) is 3.23. The highest BCUT2D eigenvalue weighted by Crippen LogP contribution is 2.11. The fourth-order valence-electron chi connectivity index (χ4n) is 2.15. The van der Waals surface area contributed by atoms with Crippen LogP contribution in [0.1, 0.15) is 21.7 Å². The zero-order chi connectivity index (χ0) is 13.1. The Hall–Kier alpha value is -1.40. The number of hydrogen-bond acceptors (Lipinski definition) is 4. The van der Waals surface area contributed by atoms with Gasteiger partial charge in [0.25, 0.3) is 5.91 Å². The predicted octanol–water partition coefficient (Wildman–Crippen LogP) is -0.245. The van der Waals surface area contributed by atoms with Gasteiger partial charge in [0.15, 0.2) is 0 Å². The van der Waals surface area contributed by atoms with Gasteiger partial charge in [-0.25, -0.2) is 0 Å². The van der Waals surface area contributed by atoms with E-state index in [9.17, 15) is 4.79 Å². The second-order valence-electron chi connectivity index (χ2n) is 4.58. The van der Waals surface area contributed by atoms with Crippen molar-refractivity contribution in [3.63, 3.8) is 0 Å². The molecule has 2 N–H and O–H groups in total. The highest BCUT2D eigenvalue weighted by atomic mass is 16.5.